The van der Waals surface area contributed by atoms with Crippen LogP contribution in [0.4, 0.5) is 5.69 Å². The summed E-state index contributed by atoms with van der Waals surface area (Å²) in [6.07, 6.45) is 2.03. The van der Waals surface area contributed by atoms with Gasteiger partial charge in [-0.25, -0.2) is 0 Å². The van der Waals surface area contributed by atoms with Gasteiger partial charge in [0.1, 0.15) is 5.75 Å². The molecule has 2 aliphatic rings. The third kappa shape index (κ3) is 4.00. The molecule has 148 valence electrons. The number of nitrogens with one attached hydrogen (secondary N) is 1. The van der Waals surface area contributed by atoms with Crippen LogP contribution in [0.1, 0.15) is 45.2 Å². The molecule has 0 radical (unpaired) electrons. The Morgan fingerprint density at radius 1 is 1.26 bits per heavy atom. The fraction of sp³-hybridized carbons (Fsp3) is 0.632. The monoisotopic (exact) mass is 376 g/mol. The van der Waals surface area contributed by atoms with Crippen molar-refractivity contribution in [1.29, 1.82) is 0 Å². The van der Waals surface area contributed by atoms with E-state index in [0.717, 1.165) is 43.8 Å². The smallest absolute Gasteiger partial charge is 0.311 e. The molecular formula is C19H28N4O4. The van der Waals surface area contributed by atoms with Crippen LogP contribution in [0.15, 0.2) is 17.2 Å². The van der Waals surface area contributed by atoms with Crippen LogP contribution in [0, 0.1) is 16.0 Å². The minimum Gasteiger partial charge on any atom is -0.493 e. The molecule has 0 saturated carbocycles. The van der Waals surface area contributed by atoms with Crippen molar-refractivity contribution in [2.75, 3.05) is 32.8 Å². The van der Waals surface area contributed by atoms with Crippen LogP contribution in [0.3, 0.4) is 0 Å². The molecule has 0 aliphatic carbocycles. The van der Waals surface area contributed by atoms with Gasteiger partial charge in [0.05, 0.1) is 24.2 Å². The van der Waals surface area contributed by atoms with Crippen molar-refractivity contribution in [2.45, 2.75) is 39.7 Å². The Kier molecular flexibility index (Phi) is 6.15. The molecule has 0 spiro atoms. The summed E-state index contributed by atoms with van der Waals surface area (Å²) >= 11 is 0. The molecule has 8 heteroatoms. The zero-order valence-electron chi connectivity index (χ0n) is 16.2. The Morgan fingerprint density at radius 3 is 2.67 bits per heavy atom. The second-order valence-corrected chi connectivity index (χ2v) is 6.85. The van der Waals surface area contributed by atoms with E-state index in [1.54, 1.807) is 19.1 Å². The molecule has 2 unspecified atom stereocenters. The van der Waals surface area contributed by atoms with E-state index in [-0.39, 0.29) is 23.4 Å². The molecule has 8 nitrogen and oxygen atoms in total. The van der Waals surface area contributed by atoms with Gasteiger partial charge in [0.25, 0.3) is 0 Å². The van der Waals surface area contributed by atoms with Gasteiger partial charge in [-0.3, -0.25) is 10.1 Å². The van der Waals surface area contributed by atoms with Gasteiger partial charge in [-0.1, -0.05) is 6.92 Å². The van der Waals surface area contributed by atoms with Crippen LogP contribution < -0.4 is 14.9 Å². The Labute approximate surface area is 159 Å². The second-order valence-electron chi connectivity index (χ2n) is 6.85. The number of nitro benzene ring substituents is 1. The first-order valence-electron chi connectivity index (χ1n) is 9.71. The number of hydrazone groups is 1. The highest BCUT2D eigenvalue weighted by Gasteiger charge is 2.39. The number of nitro groups is 1. The number of ether oxygens (including phenoxy) is 2. The summed E-state index contributed by atoms with van der Waals surface area (Å²) in [6, 6.07) is 3.10. The van der Waals surface area contributed by atoms with E-state index >= 15 is 0 Å². The molecular weight excluding hydrogens is 348 g/mol. The van der Waals surface area contributed by atoms with Gasteiger partial charge in [-0.15, -0.1) is 0 Å². The third-order valence-electron chi connectivity index (χ3n) is 5.08. The Balaban J connectivity index is 1.96. The highest BCUT2D eigenvalue weighted by atomic mass is 16.6. The molecule has 2 aliphatic heterocycles. The molecule has 27 heavy (non-hydrogen) atoms. The van der Waals surface area contributed by atoms with E-state index in [1.807, 2.05) is 6.92 Å². The van der Waals surface area contributed by atoms with Crippen molar-refractivity contribution >= 4 is 11.4 Å². The van der Waals surface area contributed by atoms with E-state index in [4.69, 9.17) is 9.47 Å². The van der Waals surface area contributed by atoms with Crippen LogP contribution in [0.25, 0.3) is 0 Å². The van der Waals surface area contributed by atoms with Gasteiger partial charge < -0.3 is 19.8 Å². The van der Waals surface area contributed by atoms with Crippen molar-refractivity contribution in [3.63, 3.8) is 0 Å². The fourth-order valence-corrected chi connectivity index (χ4v) is 3.92. The number of rotatable bonds is 8. The van der Waals surface area contributed by atoms with Crippen LogP contribution >= 0.6 is 0 Å². The molecule has 1 N–H and O–H groups in total. The van der Waals surface area contributed by atoms with Crippen molar-refractivity contribution < 1.29 is 14.4 Å². The predicted molar refractivity (Wildman–Crippen MR) is 104 cm³/mol. The molecule has 2 atom stereocenters. The zero-order chi connectivity index (χ0) is 19.4. The van der Waals surface area contributed by atoms with Gasteiger partial charge >= 0.3 is 5.69 Å². The first kappa shape index (κ1) is 19.4. The summed E-state index contributed by atoms with van der Waals surface area (Å²) in [6.45, 7) is 9.68. The van der Waals surface area contributed by atoms with Gasteiger partial charge in [0, 0.05) is 48.8 Å². The molecule has 1 saturated heterocycles. The number of fused-ring (bicyclic) bond motifs is 1. The Bertz CT molecular complexity index is 722. The minimum atomic E-state index is -0.398. The van der Waals surface area contributed by atoms with Crippen molar-refractivity contribution in [2.24, 2.45) is 11.0 Å². The Hall–Kier alpha value is -2.35. The maximum absolute atomic E-state index is 11.6. The summed E-state index contributed by atoms with van der Waals surface area (Å²) in [4.78, 5) is 13.6. The lowest BCUT2D eigenvalue weighted by Crippen LogP contribution is -2.42. The van der Waals surface area contributed by atoms with E-state index in [0.29, 0.717) is 19.0 Å². The van der Waals surface area contributed by atoms with Gasteiger partial charge in [0.2, 0.25) is 5.75 Å². The SMILES string of the molecule is CCCN1CCC2=NNC(c3cc([N+](=O)[O-])c(OCC)cc3OCC)C2C1. The Morgan fingerprint density at radius 2 is 2.00 bits per heavy atom. The topological polar surface area (TPSA) is 89.2 Å². The maximum Gasteiger partial charge on any atom is 0.311 e. The van der Waals surface area contributed by atoms with E-state index < -0.39 is 4.92 Å². The number of hydrogen-bond donors (Lipinski definition) is 1. The predicted octanol–water partition coefficient (Wildman–Crippen LogP) is 3.12. The molecule has 1 aromatic carbocycles. The van der Waals surface area contributed by atoms with Crippen LogP contribution in [0.5, 0.6) is 11.5 Å². The first-order valence-corrected chi connectivity index (χ1v) is 9.71. The summed E-state index contributed by atoms with van der Waals surface area (Å²) < 4.78 is 11.3. The average Bonchev–Trinajstić information content (AvgIpc) is 3.05. The lowest BCUT2D eigenvalue weighted by atomic mass is 9.85. The molecule has 2 heterocycles. The molecule has 1 aromatic rings. The quantitative estimate of drug-likeness (QED) is 0.554. The first-order chi connectivity index (χ1) is 13.1. The third-order valence-corrected chi connectivity index (χ3v) is 5.08. The van der Waals surface area contributed by atoms with Crippen LogP contribution in [-0.2, 0) is 0 Å². The number of benzene rings is 1. The standard InChI is InChI=1S/C19H28N4O4/c1-4-8-22-9-7-15-14(12-22)19(21-20-15)13-10-16(23(24)25)18(27-6-3)11-17(13)26-5-2/h10-11,14,19,21H,4-9,12H2,1-3H3. The van der Waals surface area contributed by atoms with Crippen LogP contribution in [0.2, 0.25) is 0 Å². The van der Waals surface area contributed by atoms with E-state index in [1.165, 1.54) is 0 Å². The summed E-state index contributed by atoms with van der Waals surface area (Å²) in [7, 11) is 0. The number of nitrogens with zero attached hydrogens (tertiary/aromatic N) is 3. The lowest BCUT2D eigenvalue weighted by molar-refractivity contribution is -0.386. The lowest BCUT2D eigenvalue weighted by Gasteiger charge is -2.33. The maximum atomic E-state index is 11.6. The van der Waals surface area contributed by atoms with E-state index in [2.05, 4.69) is 22.4 Å². The second kappa shape index (κ2) is 8.56. The van der Waals surface area contributed by atoms with Crippen LogP contribution in [-0.4, -0.2) is 48.4 Å². The average molecular weight is 376 g/mol. The fourth-order valence-electron chi connectivity index (χ4n) is 3.92. The molecule has 0 aromatic heterocycles. The summed E-state index contributed by atoms with van der Waals surface area (Å²) in [5, 5.41) is 16.1. The van der Waals surface area contributed by atoms with Crippen molar-refractivity contribution in [3.8, 4) is 11.5 Å². The number of piperidine rings is 1. The highest BCUT2D eigenvalue weighted by Crippen LogP contribution is 2.42. The molecule has 0 bridgehead atoms. The summed E-state index contributed by atoms with van der Waals surface area (Å²) in [5.41, 5.74) is 5.09. The molecule has 1 fully saturated rings. The van der Waals surface area contributed by atoms with Gasteiger partial charge in [-0.05, 0) is 26.8 Å². The number of likely N-dealkylation sites (tertiary alicyclic amines) is 1. The van der Waals surface area contributed by atoms with Gasteiger partial charge in [-0.2, -0.15) is 5.10 Å². The largest absolute Gasteiger partial charge is 0.493 e. The van der Waals surface area contributed by atoms with Crippen molar-refractivity contribution in [1.82, 2.24) is 10.3 Å². The number of hydrogen-bond acceptors (Lipinski definition) is 7. The summed E-state index contributed by atoms with van der Waals surface area (Å²) in [5.74, 6) is 1.06. The normalized spacial score (nSPS) is 22.0. The zero-order valence-corrected chi connectivity index (χ0v) is 16.2. The molecule has 3 rings (SSSR count). The minimum absolute atomic E-state index is 0.0354. The highest BCUT2D eigenvalue weighted by molar-refractivity contribution is 5.90. The van der Waals surface area contributed by atoms with Crippen molar-refractivity contribution in [3.05, 3.63) is 27.8 Å². The van der Waals surface area contributed by atoms with Gasteiger partial charge in [0.15, 0.2) is 0 Å². The van der Waals surface area contributed by atoms with E-state index in [9.17, 15) is 10.1 Å². The molecule has 0 amide bonds.